The summed E-state index contributed by atoms with van der Waals surface area (Å²) in [6, 6.07) is 0. The average Bonchev–Trinajstić information content (AvgIpc) is 1.86. The van der Waals surface area contributed by atoms with Crippen molar-refractivity contribution in [2.24, 2.45) is 0 Å². The monoisotopic (exact) mass is 173 g/mol. The van der Waals surface area contributed by atoms with Gasteiger partial charge < -0.3 is 5.73 Å². The molecule has 1 rings (SSSR count). The Morgan fingerprint density at radius 1 is 1.36 bits per heavy atom. The summed E-state index contributed by atoms with van der Waals surface area (Å²) in [5, 5.41) is -0.0632. The molecule has 0 saturated heterocycles. The lowest BCUT2D eigenvalue weighted by atomic mass is 10.7. The molecule has 0 atom stereocenters. The largest absolute Gasteiger partial charge is 0.382 e. The van der Waals surface area contributed by atoms with Crippen LogP contribution in [0.25, 0.3) is 0 Å². The van der Waals surface area contributed by atoms with E-state index in [9.17, 15) is 8.42 Å². The molecule has 60 valence electrons. The maximum atomic E-state index is 10.8. The van der Waals surface area contributed by atoms with Crippen LogP contribution in [0.1, 0.15) is 0 Å². The molecule has 0 aliphatic rings. The van der Waals surface area contributed by atoms with Gasteiger partial charge in [0.1, 0.15) is 5.82 Å². The van der Waals surface area contributed by atoms with Gasteiger partial charge in [0.15, 0.2) is 14.9 Å². The van der Waals surface area contributed by atoms with Crippen molar-refractivity contribution in [1.29, 1.82) is 0 Å². The van der Waals surface area contributed by atoms with Crippen LogP contribution < -0.4 is 5.73 Å². The van der Waals surface area contributed by atoms with E-state index in [-0.39, 0.29) is 10.8 Å². The maximum Gasteiger partial charge on any atom is 0.194 e. The zero-order valence-corrected chi connectivity index (χ0v) is 6.67. The minimum absolute atomic E-state index is 0.0632. The summed E-state index contributed by atoms with van der Waals surface area (Å²) >= 11 is 0. The van der Waals surface area contributed by atoms with Crippen LogP contribution in [-0.2, 0) is 9.84 Å². The van der Waals surface area contributed by atoms with Gasteiger partial charge in [0.05, 0.1) is 12.4 Å². The van der Waals surface area contributed by atoms with Gasteiger partial charge in [-0.05, 0) is 0 Å². The number of nitrogens with two attached hydrogens (primary N) is 1. The van der Waals surface area contributed by atoms with E-state index in [0.717, 1.165) is 12.5 Å². The van der Waals surface area contributed by atoms with E-state index >= 15 is 0 Å². The Morgan fingerprint density at radius 2 is 2.00 bits per heavy atom. The van der Waals surface area contributed by atoms with E-state index in [2.05, 4.69) is 9.97 Å². The van der Waals surface area contributed by atoms with Crippen LogP contribution in [0, 0.1) is 0 Å². The Bertz CT molecular complexity index is 342. The molecular formula is C5H7N3O2S. The van der Waals surface area contributed by atoms with Crippen molar-refractivity contribution in [1.82, 2.24) is 9.97 Å². The lowest BCUT2D eigenvalue weighted by Crippen LogP contribution is -2.02. The fraction of sp³-hybridized carbons (Fsp3) is 0.200. The summed E-state index contributed by atoms with van der Waals surface area (Å²) in [7, 11) is -3.25. The Hall–Kier alpha value is -1.17. The number of hydrogen-bond donors (Lipinski definition) is 1. The van der Waals surface area contributed by atoms with Crippen molar-refractivity contribution in [3.63, 3.8) is 0 Å². The second-order valence-corrected chi connectivity index (χ2v) is 4.01. The first kappa shape index (κ1) is 7.93. The van der Waals surface area contributed by atoms with E-state index in [1.165, 1.54) is 6.20 Å². The van der Waals surface area contributed by atoms with Gasteiger partial charge in [0.25, 0.3) is 0 Å². The van der Waals surface area contributed by atoms with Crippen molar-refractivity contribution in [2.45, 2.75) is 5.03 Å². The van der Waals surface area contributed by atoms with Gasteiger partial charge in [-0.2, -0.15) is 0 Å². The number of aromatic nitrogens is 2. The molecule has 0 amide bonds. The van der Waals surface area contributed by atoms with Crippen molar-refractivity contribution < 1.29 is 8.42 Å². The third-order valence-electron chi connectivity index (χ3n) is 1.03. The number of rotatable bonds is 1. The quantitative estimate of drug-likeness (QED) is 0.616. The summed E-state index contributed by atoms with van der Waals surface area (Å²) in [6.45, 7) is 0. The van der Waals surface area contributed by atoms with Crippen LogP contribution in [0.4, 0.5) is 5.82 Å². The Balaban J connectivity index is 3.20. The van der Waals surface area contributed by atoms with E-state index in [0.29, 0.717) is 0 Å². The smallest absolute Gasteiger partial charge is 0.194 e. The minimum atomic E-state index is -3.25. The SMILES string of the molecule is CS(=O)(=O)c1cnc(N)cn1. The number of sulfone groups is 1. The van der Waals surface area contributed by atoms with Crippen molar-refractivity contribution in [3.05, 3.63) is 12.4 Å². The van der Waals surface area contributed by atoms with Gasteiger partial charge in [-0.25, -0.2) is 18.4 Å². The standard InChI is InChI=1S/C5H7N3O2S/c1-11(9,10)5-3-7-4(6)2-8-5/h2-3H,1H3,(H2,6,7). The van der Waals surface area contributed by atoms with Gasteiger partial charge in [0.2, 0.25) is 0 Å². The van der Waals surface area contributed by atoms with Crippen LogP contribution in [0.5, 0.6) is 0 Å². The van der Waals surface area contributed by atoms with Crippen molar-refractivity contribution in [2.75, 3.05) is 12.0 Å². The lowest BCUT2D eigenvalue weighted by molar-refractivity contribution is 0.597. The first-order valence-corrected chi connectivity index (χ1v) is 4.67. The first-order chi connectivity index (χ1) is 5.00. The predicted molar refractivity (Wildman–Crippen MR) is 39.6 cm³/mol. The van der Waals surface area contributed by atoms with Crippen LogP contribution in [0.3, 0.4) is 0 Å². The van der Waals surface area contributed by atoms with Gasteiger partial charge in [0, 0.05) is 6.26 Å². The molecule has 2 N–H and O–H groups in total. The van der Waals surface area contributed by atoms with Gasteiger partial charge in [-0.3, -0.25) is 0 Å². The minimum Gasteiger partial charge on any atom is -0.382 e. The van der Waals surface area contributed by atoms with Gasteiger partial charge >= 0.3 is 0 Å². The molecular weight excluding hydrogens is 166 g/mol. The molecule has 0 aliphatic heterocycles. The Kier molecular flexibility index (Phi) is 1.77. The van der Waals surface area contributed by atoms with Crippen LogP contribution >= 0.6 is 0 Å². The highest BCUT2D eigenvalue weighted by atomic mass is 32.2. The summed E-state index contributed by atoms with van der Waals surface area (Å²) < 4.78 is 21.6. The highest BCUT2D eigenvalue weighted by molar-refractivity contribution is 7.90. The van der Waals surface area contributed by atoms with E-state index < -0.39 is 9.84 Å². The molecule has 5 nitrogen and oxygen atoms in total. The number of hydrogen-bond acceptors (Lipinski definition) is 5. The number of nitrogen functional groups attached to an aromatic ring is 1. The van der Waals surface area contributed by atoms with E-state index in [1.807, 2.05) is 0 Å². The molecule has 1 aromatic heterocycles. The second-order valence-electron chi connectivity index (χ2n) is 2.05. The third kappa shape index (κ3) is 1.87. The van der Waals surface area contributed by atoms with Crippen molar-refractivity contribution >= 4 is 15.7 Å². The summed E-state index contributed by atoms with van der Waals surface area (Å²) in [5.74, 6) is 0.206. The fourth-order valence-electron chi connectivity index (χ4n) is 0.518. The zero-order chi connectivity index (χ0) is 8.48. The molecule has 0 bridgehead atoms. The average molecular weight is 173 g/mol. The molecule has 1 aromatic rings. The Morgan fingerprint density at radius 3 is 2.36 bits per heavy atom. The molecule has 6 heteroatoms. The summed E-state index contributed by atoms with van der Waals surface area (Å²) in [4.78, 5) is 7.16. The molecule has 1 heterocycles. The topological polar surface area (TPSA) is 85.9 Å². The molecule has 0 aromatic carbocycles. The highest BCUT2D eigenvalue weighted by Gasteiger charge is 2.07. The fourth-order valence-corrected chi connectivity index (χ4v) is 1.01. The molecule has 0 fully saturated rings. The second kappa shape index (κ2) is 2.46. The lowest BCUT2D eigenvalue weighted by Gasteiger charge is -1.94. The number of nitrogens with zero attached hydrogens (tertiary/aromatic N) is 2. The molecule has 0 saturated carbocycles. The molecule has 0 unspecified atom stereocenters. The zero-order valence-electron chi connectivity index (χ0n) is 5.85. The van der Waals surface area contributed by atoms with E-state index in [1.54, 1.807) is 0 Å². The first-order valence-electron chi connectivity index (χ1n) is 2.78. The summed E-state index contributed by atoms with van der Waals surface area (Å²) in [5.41, 5.74) is 5.20. The molecule has 0 aliphatic carbocycles. The normalized spacial score (nSPS) is 11.4. The number of anilines is 1. The van der Waals surface area contributed by atoms with Crippen molar-refractivity contribution in [3.8, 4) is 0 Å². The molecule has 0 radical (unpaired) electrons. The Labute approximate surface area is 64.2 Å². The van der Waals surface area contributed by atoms with Crippen LogP contribution in [0.15, 0.2) is 17.4 Å². The third-order valence-corrected chi connectivity index (χ3v) is 2.00. The van der Waals surface area contributed by atoms with Crippen LogP contribution in [0.2, 0.25) is 0 Å². The van der Waals surface area contributed by atoms with E-state index in [4.69, 9.17) is 5.73 Å². The summed E-state index contributed by atoms with van der Waals surface area (Å²) in [6.07, 6.45) is 3.40. The maximum absolute atomic E-state index is 10.8. The van der Waals surface area contributed by atoms with Gasteiger partial charge in [-0.1, -0.05) is 0 Å². The van der Waals surface area contributed by atoms with Crippen LogP contribution in [-0.4, -0.2) is 24.6 Å². The molecule has 11 heavy (non-hydrogen) atoms. The predicted octanol–water partition coefficient (Wildman–Crippen LogP) is -0.538. The molecule has 0 spiro atoms. The van der Waals surface area contributed by atoms with Gasteiger partial charge in [-0.15, -0.1) is 0 Å². The highest BCUT2D eigenvalue weighted by Crippen LogP contribution is 2.02.